The number of halogens is 3. The molecule has 5 heteroatoms. The molecule has 0 bridgehead atoms. The predicted molar refractivity (Wildman–Crippen MR) is 74.5 cm³/mol. The van der Waals surface area contributed by atoms with E-state index in [1.54, 1.807) is 6.20 Å². The van der Waals surface area contributed by atoms with Crippen LogP contribution >= 0.6 is 43.5 Å². The Balaban J connectivity index is 2.74. The Morgan fingerprint density at radius 2 is 1.88 bits per heavy atom. The summed E-state index contributed by atoms with van der Waals surface area (Å²) in [4.78, 5) is 4.04. The quantitative estimate of drug-likeness (QED) is 0.811. The molecular weight excluding hydrogens is 355 g/mol. The monoisotopic (exact) mass is 360 g/mol. The van der Waals surface area contributed by atoms with Gasteiger partial charge in [0.05, 0.1) is 4.47 Å². The van der Waals surface area contributed by atoms with E-state index in [9.17, 15) is 0 Å². The number of rotatable bonds is 1. The lowest BCUT2D eigenvalue weighted by atomic mass is 10.1. The van der Waals surface area contributed by atoms with Crippen molar-refractivity contribution in [1.82, 2.24) is 4.98 Å². The van der Waals surface area contributed by atoms with Crippen LogP contribution in [0.1, 0.15) is 0 Å². The first-order valence-electron chi connectivity index (χ1n) is 4.45. The Hall–Kier alpha value is -0.580. The first kappa shape index (κ1) is 11.9. The fraction of sp³-hybridized carbons (Fsp3) is 0. The molecule has 2 aromatic rings. The molecule has 16 heavy (non-hydrogen) atoms. The Labute approximate surface area is 115 Å². The van der Waals surface area contributed by atoms with Crippen LogP contribution in [0.5, 0.6) is 0 Å². The Morgan fingerprint density at radius 1 is 1.19 bits per heavy atom. The van der Waals surface area contributed by atoms with E-state index in [-0.39, 0.29) is 0 Å². The summed E-state index contributed by atoms with van der Waals surface area (Å²) in [5.74, 6) is 0.443. The average Bonchev–Trinajstić information content (AvgIpc) is 2.27. The van der Waals surface area contributed by atoms with Crippen molar-refractivity contribution < 1.29 is 0 Å². The van der Waals surface area contributed by atoms with Gasteiger partial charge in [0, 0.05) is 26.8 Å². The summed E-state index contributed by atoms with van der Waals surface area (Å²) in [7, 11) is 0. The van der Waals surface area contributed by atoms with Gasteiger partial charge in [0.1, 0.15) is 5.82 Å². The third-order valence-electron chi connectivity index (χ3n) is 2.14. The molecule has 0 saturated carbocycles. The molecule has 2 N–H and O–H groups in total. The Kier molecular flexibility index (Phi) is 3.52. The lowest BCUT2D eigenvalue weighted by Gasteiger charge is -2.10. The molecule has 0 unspecified atom stereocenters. The van der Waals surface area contributed by atoms with Crippen LogP contribution in [0.15, 0.2) is 39.4 Å². The van der Waals surface area contributed by atoms with E-state index in [4.69, 9.17) is 17.3 Å². The standard InChI is InChI=1S/C11H7Br2ClN2/c12-7-5-16-11(15)10(13)9(7)6-3-1-2-4-8(6)14/h1-5H,(H2,15,16). The number of anilines is 1. The van der Waals surface area contributed by atoms with Gasteiger partial charge in [0.15, 0.2) is 0 Å². The molecule has 0 aliphatic heterocycles. The van der Waals surface area contributed by atoms with Crippen LogP contribution in [-0.2, 0) is 0 Å². The highest BCUT2D eigenvalue weighted by atomic mass is 79.9. The SMILES string of the molecule is Nc1ncc(Br)c(-c2ccccc2Cl)c1Br. The summed E-state index contributed by atoms with van der Waals surface area (Å²) in [5, 5.41) is 0.675. The van der Waals surface area contributed by atoms with Crippen molar-refractivity contribution in [3.05, 3.63) is 44.4 Å². The maximum absolute atomic E-state index is 6.15. The number of nitrogens with two attached hydrogens (primary N) is 1. The Bertz CT molecular complexity index is 544. The van der Waals surface area contributed by atoms with Gasteiger partial charge < -0.3 is 5.73 Å². The van der Waals surface area contributed by atoms with Gasteiger partial charge in [0.25, 0.3) is 0 Å². The molecule has 2 nitrogen and oxygen atoms in total. The fourth-order valence-corrected chi connectivity index (χ4v) is 2.93. The molecule has 2 rings (SSSR count). The predicted octanol–water partition coefficient (Wildman–Crippen LogP) is 4.51. The highest BCUT2D eigenvalue weighted by Gasteiger charge is 2.13. The molecular formula is C11H7Br2ClN2. The highest BCUT2D eigenvalue weighted by Crippen LogP contribution is 2.40. The zero-order valence-corrected chi connectivity index (χ0v) is 12.0. The topological polar surface area (TPSA) is 38.9 Å². The van der Waals surface area contributed by atoms with Crippen LogP contribution in [0.4, 0.5) is 5.82 Å². The van der Waals surface area contributed by atoms with E-state index >= 15 is 0 Å². The highest BCUT2D eigenvalue weighted by molar-refractivity contribution is 9.11. The van der Waals surface area contributed by atoms with Crippen molar-refractivity contribution in [1.29, 1.82) is 0 Å². The number of aromatic nitrogens is 1. The lowest BCUT2D eigenvalue weighted by molar-refractivity contribution is 1.30. The van der Waals surface area contributed by atoms with Crippen molar-refractivity contribution in [2.24, 2.45) is 0 Å². The van der Waals surface area contributed by atoms with Gasteiger partial charge in [-0.1, -0.05) is 29.8 Å². The van der Waals surface area contributed by atoms with Gasteiger partial charge in [-0.3, -0.25) is 0 Å². The molecule has 0 spiro atoms. The minimum atomic E-state index is 0.443. The van der Waals surface area contributed by atoms with Crippen LogP contribution < -0.4 is 5.73 Å². The summed E-state index contributed by atoms with van der Waals surface area (Å²) in [5.41, 5.74) is 7.58. The van der Waals surface area contributed by atoms with Crippen molar-refractivity contribution >= 4 is 49.3 Å². The van der Waals surface area contributed by atoms with Crippen molar-refractivity contribution in [3.63, 3.8) is 0 Å². The van der Waals surface area contributed by atoms with E-state index < -0.39 is 0 Å². The first-order chi connectivity index (χ1) is 7.61. The second-order valence-corrected chi connectivity index (χ2v) is 5.21. The molecule has 1 aromatic carbocycles. The summed E-state index contributed by atoms with van der Waals surface area (Å²) in [6.07, 6.45) is 1.67. The molecule has 0 aliphatic rings. The number of benzene rings is 1. The van der Waals surface area contributed by atoms with Crippen molar-refractivity contribution in [3.8, 4) is 11.1 Å². The molecule has 0 radical (unpaired) electrons. The van der Waals surface area contributed by atoms with E-state index in [0.717, 1.165) is 20.1 Å². The summed E-state index contributed by atoms with van der Waals surface area (Å²) >= 11 is 13.0. The van der Waals surface area contributed by atoms with Gasteiger partial charge in [-0.05, 0) is 37.9 Å². The van der Waals surface area contributed by atoms with E-state index in [1.807, 2.05) is 24.3 Å². The summed E-state index contributed by atoms with van der Waals surface area (Å²) in [6.45, 7) is 0. The van der Waals surface area contributed by atoms with Crippen LogP contribution in [0, 0.1) is 0 Å². The zero-order chi connectivity index (χ0) is 11.7. The van der Waals surface area contributed by atoms with Gasteiger partial charge >= 0.3 is 0 Å². The zero-order valence-electron chi connectivity index (χ0n) is 8.05. The second-order valence-electron chi connectivity index (χ2n) is 3.16. The van der Waals surface area contributed by atoms with Crippen molar-refractivity contribution in [2.45, 2.75) is 0 Å². The maximum atomic E-state index is 6.15. The molecule has 0 saturated heterocycles. The van der Waals surface area contributed by atoms with E-state index in [1.165, 1.54) is 0 Å². The van der Waals surface area contributed by atoms with Crippen LogP contribution in [0.2, 0.25) is 5.02 Å². The van der Waals surface area contributed by atoms with Crippen LogP contribution in [0.25, 0.3) is 11.1 Å². The van der Waals surface area contributed by atoms with Crippen molar-refractivity contribution in [2.75, 3.05) is 5.73 Å². The van der Waals surface area contributed by atoms with Gasteiger partial charge in [-0.25, -0.2) is 4.98 Å². The molecule has 1 heterocycles. The summed E-state index contributed by atoms with van der Waals surface area (Å²) in [6, 6.07) is 7.59. The van der Waals surface area contributed by atoms with Gasteiger partial charge in [0.2, 0.25) is 0 Å². The molecule has 0 amide bonds. The molecule has 82 valence electrons. The van der Waals surface area contributed by atoms with Gasteiger partial charge in [-0.15, -0.1) is 0 Å². The second kappa shape index (κ2) is 4.73. The summed E-state index contributed by atoms with van der Waals surface area (Å²) < 4.78 is 1.59. The molecule has 0 aliphatic carbocycles. The number of nitrogen functional groups attached to an aromatic ring is 1. The van der Waals surface area contributed by atoms with Gasteiger partial charge in [-0.2, -0.15) is 0 Å². The minimum absolute atomic E-state index is 0.443. The fourth-order valence-electron chi connectivity index (χ4n) is 1.39. The van der Waals surface area contributed by atoms with Crippen LogP contribution in [0.3, 0.4) is 0 Å². The smallest absolute Gasteiger partial charge is 0.138 e. The average molecular weight is 362 g/mol. The first-order valence-corrected chi connectivity index (χ1v) is 6.42. The minimum Gasteiger partial charge on any atom is -0.383 e. The number of hydrogen-bond donors (Lipinski definition) is 1. The number of hydrogen-bond acceptors (Lipinski definition) is 2. The number of pyridine rings is 1. The third kappa shape index (κ3) is 2.10. The van der Waals surface area contributed by atoms with E-state index in [2.05, 4.69) is 36.8 Å². The molecule has 1 aromatic heterocycles. The molecule has 0 fully saturated rings. The van der Waals surface area contributed by atoms with E-state index in [0.29, 0.717) is 10.8 Å². The molecule has 0 atom stereocenters. The third-order valence-corrected chi connectivity index (χ3v) is 3.88. The lowest BCUT2D eigenvalue weighted by Crippen LogP contribution is -1.94. The number of nitrogens with zero attached hydrogens (tertiary/aromatic N) is 1. The Morgan fingerprint density at radius 3 is 2.56 bits per heavy atom. The van der Waals surface area contributed by atoms with Crippen LogP contribution in [-0.4, -0.2) is 4.98 Å². The maximum Gasteiger partial charge on any atom is 0.138 e. The normalized spacial score (nSPS) is 10.4. The largest absolute Gasteiger partial charge is 0.383 e.